The van der Waals surface area contributed by atoms with Crippen LogP contribution in [-0.2, 0) is 6.54 Å². The maximum absolute atomic E-state index is 4.70. The van der Waals surface area contributed by atoms with Crippen molar-refractivity contribution < 1.29 is 0 Å². The topological polar surface area (TPSA) is 28.2 Å². The van der Waals surface area contributed by atoms with E-state index in [-0.39, 0.29) is 0 Å². The summed E-state index contributed by atoms with van der Waals surface area (Å²) in [5.41, 5.74) is 1.18. The van der Waals surface area contributed by atoms with Gasteiger partial charge in [0.05, 0.1) is 5.69 Å². The Morgan fingerprint density at radius 3 is 2.76 bits per heavy atom. The molecule has 1 aromatic rings. The standard InChI is InChI=1S/C13H23N3S/c1-9(2)10(3)16(4)13-15-12(8-17-13)7-14-11-5-6-11/h8-11,14H,5-7H2,1-4H3. The van der Waals surface area contributed by atoms with E-state index in [0.717, 1.165) is 17.7 Å². The van der Waals surface area contributed by atoms with Gasteiger partial charge in [0.25, 0.3) is 0 Å². The molecular formula is C13H23N3S. The van der Waals surface area contributed by atoms with Crippen LogP contribution in [-0.4, -0.2) is 24.1 Å². The zero-order chi connectivity index (χ0) is 12.4. The summed E-state index contributed by atoms with van der Waals surface area (Å²) in [5.74, 6) is 0.650. The molecule has 0 amide bonds. The summed E-state index contributed by atoms with van der Waals surface area (Å²) in [4.78, 5) is 6.98. The van der Waals surface area contributed by atoms with Crippen molar-refractivity contribution in [1.82, 2.24) is 10.3 Å². The van der Waals surface area contributed by atoms with E-state index in [1.807, 2.05) is 0 Å². The summed E-state index contributed by atoms with van der Waals surface area (Å²) in [6, 6.07) is 1.29. The lowest BCUT2D eigenvalue weighted by atomic mass is 10.1. The average molecular weight is 253 g/mol. The van der Waals surface area contributed by atoms with Crippen LogP contribution < -0.4 is 10.2 Å². The van der Waals surface area contributed by atoms with Crippen LogP contribution in [0.1, 0.15) is 39.3 Å². The summed E-state index contributed by atoms with van der Waals surface area (Å²) < 4.78 is 0. The Balaban J connectivity index is 1.91. The van der Waals surface area contributed by atoms with Crippen molar-refractivity contribution in [2.45, 2.75) is 52.2 Å². The third-order valence-corrected chi connectivity index (χ3v) is 4.55. The first-order valence-electron chi connectivity index (χ1n) is 6.48. The maximum atomic E-state index is 4.70. The molecule has 0 aromatic carbocycles. The van der Waals surface area contributed by atoms with Crippen LogP contribution in [0.3, 0.4) is 0 Å². The molecule has 1 aliphatic carbocycles. The normalized spacial score (nSPS) is 17.5. The highest BCUT2D eigenvalue weighted by Crippen LogP contribution is 2.24. The highest BCUT2D eigenvalue weighted by molar-refractivity contribution is 7.13. The molecule has 1 heterocycles. The minimum Gasteiger partial charge on any atom is -0.348 e. The minimum atomic E-state index is 0.533. The number of thiazole rings is 1. The first-order chi connectivity index (χ1) is 8.08. The van der Waals surface area contributed by atoms with E-state index in [1.165, 1.54) is 18.5 Å². The Labute approximate surface area is 108 Å². The third kappa shape index (κ3) is 3.42. The van der Waals surface area contributed by atoms with Crippen LogP contribution in [0.25, 0.3) is 0 Å². The highest BCUT2D eigenvalue weighted by atomic mass is 32.1. The van der Waals surface area contributed by atoms with E-state index in [2.05, 4.69) is 43.4 Å². The first-order valence-corrected chi connectivity index (χ1v) is 7.36. The zero-order valence-electron chi connectivity index (χ0n) is 11.2. The van der Waals surface area contributed by atoms with Gasteiger partial charge in [0.15, 0.2) is 5.13 Å². The fourth-order valence-corrected chi connectivity index (χ4v) is 2.58. The van der Waals surface area contributed by atoms with Gasteiger partial charge in [-0.05, 0) is 25.7 Å². The molecule has 1 N–H and O–H groups in total. The van der Waals surface area contributed by atoms with Crippen molar-refractivity contribution in [3.63, 3.8) is 0 Å². The Morgan fingerprint density at radius 2 is 2.18 bits per heavy atom. The molecule has 17 heavy (non-hydrogen) atoms. The van der Waals surface area contributed by atoms with Crippen molar-refractivity contribution in [3.8, 4) is 0 Å². The molecule has 0 aliphatic heterocycles. The van der Waals surface area contributed by atoms with E-state index in [0.29, 0.717) is 12.0 Å². The molecule has 2 rings (SSSR count). The summed E-state index contributed by atoms with van der Waals surface area (Å²) in [7, 11) is 2.14. The van der Waals surface area contributed by atoms with Gasteiger partial charge in [-0.15, -0.1) is 11.3 Å². The van der Waals surface area contributed by atoms with Crippen molar-refractivity contribution >= 4 is 16.5 Å². The smallest absolute Gasteiger partial charge is 0.185 e. The Kier molecular flexibility index (Phi) is 4.05. The lowest BCUT2D eigenvalue weighted by Gasteiger charge is -2.27. The number of nitrogens with one attached hydrogen (secondary N) is 1. The number of aromatic nitrogens is 1. The van der Waals surface area contributed by atoms with Gasteiger partial charge in [-0.1, -0.05) is 13.8 Å². The second-order valence-corrected chi connectivity index (χ2v) is 6.21. The van der Waals surface area contributed by atoms with Gasteiger partial charge in [-0.25, -0.2) is 4.98 Å². The van der Waals surface area contributed by atoms with Crippen molar-refractivity contribution in [1.29, 1.82) is 0 Å². The van der Waals surface area contributed by atoms with Crippen LogP contribution in [0.15, 0.2) is 5.38 Å². The number of anilines is 1. The largest absolute Gasteiger partial charge is 0.348 e. The molecule has 0 saturated heterocycles. The molecule has 1 saturated carbocycles. The van der Waals surface area contributed by atoms with Gasteiger partial charge in [0, 0.05) is 31.1 Å². The molecule has 3 nitrogen and oxygen atoms in total. The molecule has 1 fully saturated rings. The molecule has 1 aromatic heterocycles. The summed E-state index contributed by atoms with van der Waals surface area (Å²) in [5, 5.41) is 6.82. The van der Waals surface area contributed by atoms with Gasteiger partial charge in [0.2, 0.25) is 0 Å². The number of hydrogen-bond acceptors (Lipinski definition) is 4. The summed E-state index contributed by atoms with van der Waals surface area (Å²) in [6.45, 7) is 7.69. The monoisotopic (exact) mass is 253 g/mol. The second-order valence-electron chi connectivity index (χ2n) is 5.37. The third-order valence-electron chi connectivity index (χ3n) is 3.57. The van der Waals surface area contributed by atoms with E-state index in [1.54, 1.807) is 11.3 Å². The molecule has 0 spiro atoms. The molecule has 1 atom stereocenters. The van der Waals surface area contributed by atoms with Crippen molar-refractivity contribution in [3.05, 3.63) is 11.1 Å². The minimum absolute atomic E-state index is 0.533. The van der Waals surface area contributed by atoms with Crippen LogP contribution in [0.2, 0.25) is 0 Å². The van der Waals surface area contributed by atoms with E-state index < -0.39 is 0 Å². The summed E-state index contributed by atoms with van der Waals surface area (Å²) >= 11 is 1.75. The van der Waals surface area contributed by atoms with Gasteiger partial charge in [-0.2, -0.15) is 0 Å². The van der Waals surface area contributed by atoms with E-state index >= 15 is 0 Å². The first kappa shape index (κ1) is 12.8. The predicted octanol–water partition coefficient (Wildman–Crippen LogP) is 2.88. The van der Waals surface area contributed by atoms with Gasteiger partial charge in [-0.3, -0.25) is 0 Å². The van der Waals surface area contributed by atoms with Crippen molar-refractivity contribution in [2.75, 3.05) is 11.9 Å². The van der Waals surface area contributed by atoms with Crippen LogP contribution in [0.4, 0.5) is 5.13 Å². The Hall–Kier alpha value is -0.610. The Morgan fingerprint density at radius 1 is 1.47 bits per heavy atom. The lowest BCUT2D eigenvalue weighted by Crippen LogP contribution is -2.33. The molecule has 0 bridgehead atoms. The number of rotatable bonds is 6. The van der Waals surface area contributed by atoms with E-state index in [9.17, 15) is 0 Å². The quantitative estimate of drug-likeness (QED) is 0.845. The van der Waals surface area contributed by atoms with Crippen molar-refractivity contribution in [2.24, 2.45) is 5.92 Å². The molecule has 96 valence electrons. The van der Waals surface area contributed by atoms with E-state index in [4.69, 9.17) is 4.98 Å². The fraction of sp³-hybridized carbons (Fsp3) is 0.769. The van der Waals surface area contributed by atoms with Crippen LogP contribution >= 0.6 is 11.3 Å². The molecule has 1 unspecified atom stereocenters. The van der Waals surface area contributed by atoms with Crippen LogP contribution in [0.5, 0.6) is 0 Å². The molecular weight excluding hydrogens is 230 g/mol. The lowest BCUT2D eigenvalue weighted by molar-refractivity contribution is 0.504. The fourth-order valence-electron chi connectivity index (χ4n) is 1.70. The molecule has 4 heteroatoms. The molecule has 1 aliphatic rings. The van der Waals surface area contributed by atoms with Crippen LogP contribution in [0, 0.1) is 5.92 Å². The summed E-state index contributed by atoms with van der Waals surface area (Å²) in [6.07, 6.45) is 2.67. The van der Waals surface area contributed by atoms with Gasteiger partial charge in [0.1, 0.15) is 0 Å². The highest BCUT2D eigenvalue weighted by Gasteiger charge is 2.21. The second kappa shape index (κ2) is 5.36. The molecule has 0 radical (unpaired) electrons. The zero-order valence-corrected chi connectivity index (χ0v) is 12.0. The van der Waals surface area contributed by atoms with Gasteiger partial charge >= 0.3 is 0 Å². The predicted molar refractivity (Wildman–Crippen MR) is 74.7 cm³/mol. The maximum Gasteiger partial charge on any atom is 0.185 e. The SMILES string of the molecule is CC(C)C(C)N(C)c1nc(CNC2CC2)cs1. The average Bonchev–Trinajstić information content (AvgIpc) is 3.02. The number of hydrogen-bond donors (Lipinski definition) is 1. The Bertz CT molecular complexity index is 357. The van der Waals surface area contributed by atoms with Gasteiger partial charge < -0.3 is 10.2 Å². The number of nitrogens with zero attached hydrogens (tertiary/aromatic N) is 2.